The van der Waals surface area contributed by atoms with Crippen molar-refractivity contribution in [2.75, 3.05) is 24.1 Å². The van der Waals surface area contributed by atoms with Crippen molar-refractivity contribution in [1.82, 2.24) is 9.88 Å². The van der Waals surface area contributed by atoms with Crippen LogP contribution in [0.15, 0.2) is 36.4 Å². The summed E-state index contributed by atoms with van der Waals surface area (Å²) in [4.78, 5) is 18.7. The van der Waals surface area contributed by atoms with Gasteiger partial charge < -0.3 is 15.4 Å². The summed E-state index contributed by atoms with van der Waals surface area (Å²) >= 11 is 0. The van der Waals surface area contributed by atoms with E-state index in [1.165, 1.54) is 12.1 Å². The molecule has 2 bridgehead atoms. The first-order valence-corrected chi connectivity index (χ1v) is 8.32. The molecule has 2 aliphatic heterocycles. The number of halogens is 1. The SMILES string of the molecule is Nc1ccc(-c2ccc(F)cc2)nc1NC(=O)N1CC2CCC(C1)O2. The number of fused-ring (bicyclic) bond motifs is 2. The quantitative estimate of drug-likeness (QED) is 0.879. The van der Waals surface area contributed by atoms with E-state index in [4.69, 9.17) is 10.5 Å². The molecule has 6 nitrogen and oxygen atoms in total. The summed E-state index contributed by atoms with van der Waals surface area (Å²) in [5, 5.41) is 2.79. The number of nitrogens with one attached hydrogen (secondary N) is 1. The van der Waals surface area contributed by atoms with Crippen molar-refractivity contribution in [3.8, 4) is 11.3 Å². The Kier molecular flexibility index (Phi) is 4.01. The third-order valence-corrected chi connectivity index (χ3v) is 4.62. The Labute approximate surface area is 144 Å². The summed E-state index contributed by atoms with van der Waals surface area (Å²) in [5.41, 5.74) is 7.71. The van der Waals surface area contributed by atoms with Crippen LogP contribution in [0.4, 0.5) is 20.7 Å². The predicted octanol–water partition coefficient (Wildman–Crippen LogP) is 2.87. The fourth-order valence-electron chi connectivity index (χ4n) is 3.31. The van der Waals surface area contributed by atoms with Gasteiger partial charge in [0.1, 0.15) is 5.82 Å². The second-order valence-corrected chi connectivity index (χ2v) is 6.43. The van der Waals surface area contributed by atoms with Crippen LogP contribution < -0.4 is 11.1 Å². The predicted molar refractivity (Wildman–Crippen MR) is 92.5 cm³/mol. The maximum Gasteiger partial charge on any atom is 0.323 e. The molecule has 0 spiro atoms. The monoisotopic (exact) mass is 342 g/mol. The van der Waals surface area contributed by atoms with Crippen molar-refractivity contribution >= 4 is 17.5 Å². The van der Waals surface area contributed by atoms with Gasteiger partial charge in [-0.15, -0.1) is 0 Å². The lowest BCUT2D eigenvalue weighted by Crippen LogP contribution is -2.47. The number of nitrogens with two attached hydrogens (primary N) is 1. The maximum atomic E-state index is 13.1. The van der Waals surface area contributed by atoms with Crippen LogP contribution >= 0.6 is 0 Å². The van der Waals surface area contributed by atoms with E-state index in [0.29, 0.717) is 30.3 Å². The number of nitrogen functional groups attached to an aromatic ring is 1. The van der Waals surface area contributed by atoms with E-state index in [1.54, 1.807) is 29.2 Å². The van der Waals surface area contributed by atoms with E-state index >= 15 is 0 Å². The first-order valence-electron chi connectivity index (χ1n) is 8.32. The number of benzene rings is 1. The average Bonchev–Trinajstić information content (AvgIpc) is 2.95. The van der Waals surface area contributed by atoms with Crippen molar-refractivity contribution in [2.24, 2.45) is 0 Å². The molecule has 2 amide bonds. The number of likely N-dealkylation sites (tertiary alicyclic amines) is 1. The van der Waals surface area contributed by atoms with Crippen LogP contribution in [0.5, 0.6) is 0 Å². The number of hydrogen-bond acceptors (Lipinski definition) is 4. The van der Waals surface area contributed by atoms with Crippen molar-refractivity contribution in [3.05, 3.63) is 42.2 Å². The summed E-state index contributed by atoms with van der Waals surface area (Å²) in [6.07, 6.45) is 2.24. The molecule has 130 valence electrons. The van der Waals surface area contributed by atoms with Crippen molar-refractivity contribution in [3.63, 3.8) is 0 Å². The van der Waals surface area contributed by atoms with Crippen molar-refractivity contribution in [1.29, 1.82) is 0 Å². The molecular formula is C18H19FN4O2. The number of urea groups is 1. The van der Waals surface area contributed by atoms with Gasteiger partial charge in [-0.1, -0.05) is 0 Å². The molecule has 2 atom stereocenters. The molecule has 2 fully saturated rings. The lowest BCUT2D eigenvalue weighted by Gasteiger charge is -2.32. The molecule has 0 radical (unpaired) electrons. The number of anilines is 2. The first-order chi connectivity index (χ1) is 12.1. The van der Waals surface area contributed by atoms with Gasteiger partial charge in [-0.05, 0) is 49.2 Å². The number of ether oxygens (including phenoxy) is 1. The van der Waals surface area contributed by atoms with Crippen LogP contribution in [0.2, 0.25) is 0 Å². The Morgan fingerprint density at radius 3 is 2.52 bits per heavy atom. The first kappa shape index (κ1) is 15.8. The molecule has 2 unspecified atom stereocenters. The topological polar surface area (TPSA) is 80.5 Å². The molecule has 1 aromatic carbocycles. The highest BCUT2D eigenvalue weighted by molar-refractivity contribution is 5.91. The van der Waals surface area contributed by atoms with Crippen LogP contribution in [0.25, 0.3) is 11.3 Å². The van der Waals surface area contributed by atoms with E-state index in [0.717, 1.165) is 18.4 Å². The number of nitrogens with zero attached hydrogens (tertiary/aromatic N) is 2. The molecule has 3 heterocycles. The summed E-state index contributed by atoms with van der Waals surface area (Å²) in [5.74, 6) is 0.000308. The number of carbonyl (C=O) groups is 1. The van der Waals surface area contributed by atoms with Crippen LogP contribution in [0.3, 0.4) is 0 Å². The molecule has 25 heavy (non-hydrogen) atoms. The minimum atomic E-state index is -0.310. The number of hydrogen-bond donors (Lipinski definition) is 2. The lowest BCUT2D eigenvalue weighted by atomic mass is 10.1. The molecule has 0 aliphatic carbocycles. The largest absolute Gasteiger partial charge is 0.396 e. The average molecular weight is 342 g/mol. The number of morpholine rings is 1. The second kappa shape index (κ2) is 6.33. The van der Waals surface area contributed by atoms with Gasteiger partial charge in [0, 0.05) is 18.7 Å². The standard InChI is InChI=1S/C18H19FN4O2/c19-12-3-1-11(2-4-12)16-8-7-15(20)17(21-16)22-18(24)23-9-13-5-6-14(10-23)25-13/h1-4,7-8,13-14H,5-6,9-10,20H2,(H,21,22,24). The van der Waals surface area contributed by atoms with E-state index in [2.05, 4.69) is 10.3 Å². The van der Waals surface area contributed by atoms with Gasteiger partial charge in [-0.2, -0.15) is 0 Å². The molecule has 2 saturated heterocycles. The fraction of sp³-hybridized carbons (Fsp3) is 0.333. The van der Waals surface area contributed by atoms with Gasteiger partial charge >= 0.3 is 6.03 Å². The van der Waals surface area contributed by atoms with E-state index < -0.39 is 0 Å². The van der Waals surface area contributed by atoms with Gasteiger partial charge in [-0.25, -0.2) is 14.2 Å². The Morgan fingerprint density at radius 1 is 1.16 bits per heavy atom. The van der Waals surface area contributed by atoms with Gasteiger partial charge in [0.15, 0.2) is 5.82 Å². The number of rotatable bonds is 2. The van der Waals surface area contributed by atoms with Crippen molar-refractivity contribution in [2.45, 2.75) is 25.0 Å². The zero-order valence-electron chi connectivity index (χ0n) is 13.6. The highest BCUT2D eigenvalue weighted by Gasteiger charge is 2.35. The van der Waals surface area contributed by atoms with Crippen LogP contribution in [-0.2, 0) is 4.74 Å². The summed E-state index contributed by atoms with van der Waals surface area (Å²) in [6, 6.07) is 9.22. The van der Waals surface area contributed by atoms with Crippen LogP contribution in [-0.4, -0.2) is 41.2 Å². The Hall–Kier alpha value is -2.67. The molecule has 1 aromatic heterocycles. The van der Waals surface area contributed by atoms with E-state index in [-0.39, 0.29) is 24.1 Å². The summed E-state index contributed by atoms with van der Waals surface area (Å²) in [7, 11) is 0. The lowest BCUT2D eigenvalue weighted by molar-refractivity contribution is -0.0219. The fourth-order valence-corrected chi connectivity index (χ4v) is 3.31. The smallest absolute Gasteiger partial charge is 0.323 e. The highest BCUT2D eigenvalue weighted by Crippen LogP contribution is 2.28. The van der Waals surface area contributed by atoms with Crippen LogP contribution in [0.1, 0.15) is 12.8 Å². The third-order valence-electron chi connectivity index (χ3n) is 4.62. The maximum absolute atomic E-state index is 13.1. The zero-order valence-corrected chi connectivity index (χ0v) is 13.6. The zero-order chi connectivity index (χ0) is 17.4. The highest BCUT2D eigenvalue weighted by atomic mass is 19.1. The second-order valence-electron chi connectivity index (χ2n) is 6.43. The third kappa shape index (κ3) is 3.28. The Balaban J connectivity index is 1.52. The summed E-state index contributed by atoms with van der Waals surface area (Å²) < 4.78 is 18.8. The van der Waals surface area contributed by atoms with Gasteiger partial charge in [0.05, 0.1) is 23.6 Å². The molecule has 4 rings (SSSR count). The molecule has 2 aliphatic rings. The molecule has 3 N–H and O–H groups in total. The molecule has 7 heteroatoms. The van der Waals surface area contributed by atoms with Gasteiger partial charge in [0.25, 0.3) is 0 Å². The van der Waals surface area contributed by atoms with Gasteiger partial charge in [-0.3, -0.25) is 5.32 Å². The van der Waals surface area contributed by atoms with Crippen LogP contribution in [0, 0.1) is 5.82 Å². The minimum Gasteiger partial charge on any atom is -0.396 e. The minimum absolute atomic E-state index is 0.125. The number of aromatic nitrogens is 1. The number of pyridine rings is 1. The molecule has 0 saturated carbocycles. The van der Waals surface area contributed by atoms with E-state index in [9.17, 15) is 9.18 Å². The van der Waals surface area contributed by atoms with Crippen molar-refractivity contribution < 1.29 is 13.9 Å². The number of carbonyl (C=O) groups excluding carboxylic acids is 1. The molecule has 2 aromatic rings. The molecular weight excluding hydrogens is 323 g/mol. The van der Waals surface area contributed by atoms with Gasteiger partial charge in [0.2, 0.25) is 0 Å². The summed E-state index contributed by atoms with van der Waals surface area (Å²) in [6.45, 7) is 1.17. The normalized spacial score (nSPS) is 22.0. The van der Waals surface area contributed by atoms with E-state index in [1.807, 2.05) is 0 Å². The Morgan fingerprint density at radius 2 is 1.84 bits per heavy atom. The number of amides is 2. The Bertz CT molecular complexity index is 784.